The van der Waals surface area contributed by atoms with E-state index in [1.807, 2.05) is 6.92 Å². The topological polar surface area (TPSA) is 43.1 Å². The lowest BCUT2D eigenvalue weighted by Gasteiger charge is -2.26. The number of nitrogens with two attached hydrogens (primary N) is 1. The van der Waals surface area contributed by atoms with Crippen LogP contribution in [0, 0.1) is 11.8 Å². The van der Waals surface area contributed by atoms with Gasteiger partial charge in [0, 0.05) is 5.92 Å². The van der Waals surface area contributed by atoms with Gasteiger partial charge in [-0.15, -0.1) is 0 Å². The smallest absolute Gasteiger partial charge is 0.250 e. The summed E-state index contributed by atoms with van der Waals surface area (Å²) in [5.41, 5.74) is 1.14. The van der Waals surface area contributed by atoms with Crippen molar-refractivity contribution in [2.75, 3.05) is 0 Å². The quantitative estimate of drug-likeness (QED) is 0.455. The maximum absolute atomic E-state index is 11.2. The number of carbonyl (C=O) groups excluding carboxylic acids is 1. The predicted molar refractivity (Wildman–Crippen MR) is 82.9 cm³/mol. The molecule has 1 rings (SSSR count). The third kappa shape index (κ3) is 7.70. The molecule has 0 aromatic heterocycles. The zero-order valence-corrected chi connectivity index (χ0v) is 13.5. The van der Waals surface area contributed by atoms with Crippen LogP contribution in [-0.2, 0) is 4.79 Å². The van der Waals surface area contributed by atoms with Crippen LogP contribution in [0.5, 0.6) is 0 Å². The Morgan fingerprint density at radius 2 is 1.67 bits per heavy atom. The van der Waals surface area contributed by atoms with Crippen molar-refractivity contribution in [1.29, 1.82) is 0 Å². The molecule has 0 saturated heterocycles. The van der Waals surface area contributed by atoms with Crippen molar-refractivity contribution >= 4 is 52.5 Å². The first-order valence-electron chi connectivity index (χ1n) is 5.44. The minimum absolute atomic E-state index is 0.187. The molecule has 0 amide bonds. The number of hydrogen-bond donors (Lipinski definition) is 1. The number of Topliss-reactive ketones (excluding diaryl/α,β-unsaturated/α-hetero) is 1. The van der Waals surface area contributed by atoms with Crippen LogP contribution in [0.1, 0.15) is 26.7 Å². The van der Waals surface area contributed by atoms with E-state index < -0.39 is 3.12 Å². The van der Waals surface area contributed by atoms with Crippen molar-refractivity contribution in [3.8, 4) is 0 Å². The number of hydrogen-bond acceptors (Lipinski definition) is 3. The second-order valence-electron chi connectivity index (χ2n) is 4.18. The molecule has 2 unspecified atom stereocenters. The third-order valence-corrected chi connectivity index (χ3v) is 3.79. The molecule has 0 aromatic rings. The van der Waals surface area contributed by atoms with Crippen LogP contribution in [0.25, 0.3) is 0 Å². The molecule has 2 nitrogen and oxygen atoms in total. The van der Waals surface area contributed by atoms with E-state index in [2.05, 4.69) is 18.7 Å². The van der Waals surface area contributed by atoms with E-state index in [0.717, 1.165) is 18.4 Å². The Hall–Kier alpha value is 0.330. The molecule has 0 aromatic carbocycles. The van der Waals surface area contributed by atoms with E-state index in [0.29, 0.717) is 23.6 Å². The molecule has 0 fully saturated rings. The maximum Gasteiger partial charge on any atom is 0.250 e. The first-order chi connectivity index (χ1) is 8.19. The molecule has 0 heterocycles. The standard InChI is InChI=1S/C11H16O.CH2Cl3NS/c1-8(2)10-6-4-5-7-11(10)9(3)12;2-1(3,4)6-5/h4-5,10-11H,1,6-7H2,2-3H3;5H2. The summed E-state index contributed by atoms with van der Waals surface area (Å²) in [7, 11) is 0. The van der Waals surface area contributed by atoms with Gasteiger partial charge in [0.2, 0.25) is 0 Å². The highest BCUT2D eigenvalue weighted by Gasteiger charge is 2.26. The van der Waals surface area contributed by atoms with Gasteiger partial charge >= 0.3 is 0 Å². The van der Waals surface area contributed by atoms with Crippen molar-refractivity contribution < 1.29 is 4.79 Å². The summed E-state index contributed by atoms with van der Waals surface area (Å²) >= 11 is 15.9. The van der Waals surface area contributed by atoms with E-state index in [4.69, 9.17) is 39.9 Å². The molecule has 0 spiro atoms. The monoisotopic (exact) mass is 329 g/mol. The molecule has 0 saturated carbocycles. The number of ketones is 1. The van der Waals surface area contributed by atoms with Crippen LogP contribution in [0.15, 0.2) is 24.3 Å². The normalized spacial score (nSPS) is 23.0. The second-order valence-corrected chi connectivity index (χ2v) is 7.98. The highest BCUT2D eigenvalue weighted by Crippen LogP contribution is 2.34. The fourth-order valence-electron chi connectivity index (χ4n) is 1.81. The first kappa shape index (κ1) is 18.3. The predicted octanol–water partition coefficient (Wildman–Crippen LogP) is 4.65. The van der Waals surface area contributed by atoms with Crippen molar-refractivity contribution in [2.45, 2.75) is 29.8 Å². The van der Waals surface area contributed by atoms with Gasteiger partial charge in [-0.3, -0.25) is 9.93 Å². The minimum atomic E-state index is -1.35. The lowest BCUT2D eigenvalue weighted by molar-refractivity contribution is -0.121. The zero-order chi connectivity index (χ0) is 14.3. The fourth-order valence-corrected chi connectivity index (χ4v) is 1.81. The average molecular weight is 331 g/mol. The van der Waals surface area contributed by atoms with Crippen LogP contribution in [0.4, 0.5) is 0 Å². The molecule has 2 atom stereocenters. The van der Waals surface area contributed by atoms with Gasteiger partial charge in [-0.1, -0.05) is 59.1 Å². The molecule has 1 aliphatic rings. The van der Waals surface area contributed by atoms with Crippen LogP contribution < -0.4 is 5.14 Å². The fraction of sp³-hybridized carbons (Fsp3) is 0.583. The summed E-state index contributed by atoms with van der Waals surface area (Å²) in [5.74, 6) is 0.868. The van der Waals surface area contributed by atoms with E-state index in [1.54, 1.807) is 6.92 Å². The summed E-state index contributed by atoms with van der Waals surface area (Å²) in [6, 6.07) is 0. The molecule has 6 heteroatoms. The summed E-state index contributed by atoms with van der Waals surface area (Å²) < 4.78 is -1.35. The second kappa shape index (κ2) is 8.49. The van der Waals surface area contributed by atoms with Crippen molar-refractivity contribution in [1.82, 2.24) is 0 Å². The van der Waals surface area contributed by atoms with Crippen LogP contribution >= 0.6 is 46.8 Å². The maximum atomic E-state index is 11.2. The van der Waals surface area contributed by atoms with Gasteiger partial charge in [-0.2, -0.15) is 0 Å². The Morgan fingerprint density at radius 1 is 1.28 bits per heavy atom. The molecule has 0 bridgehead atoms. The lowest BCUT2D eigenvalue weighted by atomic mass is 9.77. The Kier molecular flexibility index (Phi) is 8.65. The van der Waals surface area contributed by atoms with Gasteiger partial charge in [0.15, 0.2) is 0 Å². The Balaban J connectivity index is 0.000000411. The molecule has 0 aliphatic heterocycles. The number of carbonyl (C=O) groups is 1. The molecule has 2 N–H and O–H groups in total. The van der Waals surface area contributed by atoms with Gasteiger partial charge in [0.1, 0.15) is 5.78 Å². The first-order valence-corrected chi connectivity index (χ1v) is 7.46. The van der Waals surface area contributed by atoms with Gasteiger partial charge < -0.3 is 0 Å². The van der Waals surface area contributed by atoms with Crippen molar-refractivity contribution in [3.63, 3.8) is 0 Å². The summed E-state index contributed by atoms with van der Waals surface area (Å²) in [4.78, 5) is 11.2. The highest BCUT2D eigenvalue weighted by molar-refractivity contribution is 8.02. The number of halogens is 3. The van der Waals surface area contributed by atoms with Gasteiger partial charge in [0.25, 0.3) is 3.12 Å². The van der Waals surface area contributed by atoms with Gasteiger partial charge in [-0.25, -0.2) is 0 Å². The molecule has 1 aliphatic carbocycles. The van der Waals surface area contributed by atoms with Gasteiger partial charge in [-0.05, 0) is 44.6 Å². The van der Waals surface area contributed by atoms with Crippen molar-refractivity contribution in [3.05, 3.63) is 24.3 Å². The zero-order valence-electron chi connectivity index (χ0n) is 10.5. The average Bonchev–Trinajstić information content (AvgIpc) is 2.28. The molecule has 0 radical (unpaired) electrons. The largest absolute Gasteiger partial charge is 0.300 e. The molecular formula is C12H18Cl3NOS. The summed E-state index contributed by atoms with van der Waals surface area (Å²) in [5, 5.41) is 4.83. The van der Waals surface area contributed by atoms with Crippen LogP contribution in [0.2, 0.25) is 0 Å². The van der Waals surface area contributed by atoms with Crippen LogP contribution in [-0.4, -0.2) is 8.91 Å². The Morgan fingerprint density at radius 3 is 1.89 bits per heavy atom. The molecule has 104 valence electrons. The lowest BCUT2D eigenvalue weighted by Crippen LogP contribution is -2.23. The van der Waals surface area contributed by atoms with E-state index >= 15 is 0 Å². The van der Waals surface area contributed by atoms with Gasteiger partial charge in [0.05, 0.1) is 0 Å². The number of rotatable bonds is 2. The summed E-state index contributed by atoms with van der Waals surface area (Å²) in [6.45, 7) is 7.62. The number of alkyl halides is 3. The van der Waals surface area contributed by atoms with Crippen molar-refractivity contribution in [2.24, 2.45) is 17.0 Å². The Bertz CT molecular complexity index is 302. The molecule has 18 heavy (non-hydrogen) atoms. The van der Waals surface area contributed by atoms with E-state index in [9.17, 15) is 4.79 Å². The highest BCUT2D eigenvalue weighted by atomic mass is 35.6. The minimum Gasteiger partial charge on any atom is -0.300 e. The van der Waals surface area contributed by atoms with Crippen LogP contribution in [0.3, 0.4) is 0 Å². The van der Waals surface area contributed by atoms with E-state index in [-0.39, 0.29) is 5.92 Å². The SMILES string of the molecule is C=C(C)C1CC=CCC1C(C)=O.NSC(Cl)(Cl)Cl. The Labute approximate surface area is 128 Å². The number of allylic oxidation sites excluding steroid dienone is 3. The third-order valence-electron chi connectivity index (χ3n) is 2.72. The summed E-state index contributed by atoms with van der Waals surface area (Å²) in [6.07, 6.45) is 6.14. The molecular weight excluding hydrogens is 313 g/mol. The van der Waals surface area contributed by atoms with E-state index in [1.165, 1.54) is 0 Å².